The Morgan fingerprint density at radius 2 is 1.81 bits per heavy atom. The van der Waals surface area contributed by atoms with Gasteiger partial charge in [0.2, 0.25) is 5.91 Å². The molecule has 0 spiro atoms. The number of hydrogen-bond donors (Lipinski definition) is 3. The molecular formula is C11H23N3OS. The zero-order valence-corrected chi connectivity index (χ0v) is 11.4. The fourth-order valence-electron chi connectivity index (χ4n) is 1.04. The van der Waals surface area contributed by atoms with Crippen LogP contribution >= 0.6 is 12.2 Å². The Hall–Kier alpha value is -0.840. The van der Waals surface area contributed by atoms with Crippen LogP contribution in [0.3, 0.4) is 0 Å². The second-order valence-electron chi connectivity index (χ2n) is 4.50. The number of hydrogen-bond acceptors (Lipinski definition) is 2. The van der Waals surface area contributed by atoms with E-state index in [0.717, 1.165) is 6.54 Å². The standard InChI is InChI=1S/C11H23N3OS/c1-8(2)7-13-11(16)12-6-5-10(15)14-9(3)4/h8-9H,5-7H2,1-4H3,(H,14,15)(H2,12,13,16). The molecule has 5 heteroatoms. The lowest BCUT2D eigenvalue weighted by Gasteiger charge is -2.12. The summed E-state index contributed by atoms with van der Waals surface area (Å²) < 4.78 is 0. The topological polar surface area (TPSA) is 53.2 Å². The highest BCUT2D eigenvalue weighted by Crippen LogP contribution is 1.87. The largest absolute Gasteiger partial charge is 0.362 e. The average molecular weight is 245 g/mol. The van der Waals surface area contributed by atoms with Crippen LogP contribution in [-0.2, 0) is 4.79 Å². The fourth-order valence-corrected chi connectivity index (χ4v) is 1.23. The SMILES string of the molecule is CC(C)CNC(=S)NCCC(=O)NC(C)C. The molecule has 0 atom stereocenters. The first-order valence-electron chi connectivity index (χ1n) is 5.73. The first-order valence-corrected chi connectivity index (χ1v) is 6.13. The summed E-state index contributed by atoms with van der Waals surface area (Å²) in [6, 6.07) is 0.193. The molecule has 0 aromatic rings. The molecule has 0 aliphatic rings. The molecule has 3 N–H and O–H groups in total. The number of carbonyl (C=O) groups is 1. The van der Waals surface area contributed by atoms with Gasteiger partial charge in [0.1, 0.15) is 0 Å². The molecule has 0 saturated carbocycles. The van der Waals surface area contributed by atoms with Gasteiger partial charge in [-0.05, 0) is 32.0 Å². The summed E-state index contributed by atoms with van der Waals surface area (Å²) in [5.41, 5.74) is 0. The molecule has 0 aliphatic carbocycles. The van der Waals surface area contributed by atoms with Crippen molar-refractivity contribution in [3.05, 3.63) is 0 Å². The Bertz CT molecular complexity index is 229. The maximum atomic E-state index is 11.3. The summed E-state index contributed by atoms with van der Waals surface area (Å²) in [7, 11) is 0. The molecule has 1 amide bonds. The quantitative estimate of drug-likeness (QED) is 0.612. The molecule has 0 saturated heterocycles. The van der Waals surface area contributed by atoms with Crippen molar-refractivity contribution < 1.29 is 4.79 Å². The summed E-state index contributed by atoms with van der Waals surface area (Å²) in [5, 5.41) is 9.53. The highest BCUT2D eigenvalue weighted by molar-refractivity contribution is 7.80. The summed E-state index contributed by atoms with van der Waals surface area (Å²) in [6.07, 6.45) is 0.446. The first-order chi connectivity index (χ1) is 7.41. The van der Waals surface area contributed by atoms with Gasteiger partial charge in [-0.25, -0.2) is 0 Å². The fraction of sp³-hybridized carbons (Fsp3) is 0.818. The van der Waals surface area contributed by atoms with Crippen LogP contribution in [-0.4, -0.2) is 30.2 Å². The van der Waals surface area contributed by atoms with Gasteiger partial charge in [-0.15, -0.1) is 0 Å². The molecule has 0 heterocycles. The third-order valence-corrected chi connectivity index (χ3v) is 2.05. The van der Waals surface area contributed by atoms with Crippen LogP contribution in [0.2, 0.25) is 0 Å². The summed E-state index contributed by atoms with van der Waals surface area (Å²) in [5.74, 6) is 0.609. The maximum absolute atomic E-state index is 11.3. The zero-order chi connectivity index (χ0) is 12.6. The molecule has 0 unspecified atom stereocenters. The van der Waals surface area contributed by atoms with E-state index in [1.54, 1.807) is 0 Å². The number of carbonyl (C=O) groups excluding carboxylic acids is 1. The van der Waals surface area contributed by atoms with Crippen molar-refractivity contribution in [3.8, 4) is 0 Å². The summed E-state index contributed by atoms with van der Waals surface area (Å²) in [6.45, 7) is 9.55. The van der Waals surface area contributed by atoms with E-state index in [0.29, 0.717) is 24.0 Å². The summed E-state index contributed by atoms with van der Waals surface area (Å²) in [4.78, 5) is 11.3. The van der Waals surface area contributed by atoms with E-state index in [1.807, 2.05) is 13.8 Å². The molecule has 0 aliphatic heterocycles. The van der Waals surface area contributed by atoms with Crippen molar-refractivity contribution in [1.29, 1.82) is 0 Å². The summed E-state index contributed by atoms with van der Waals surface area (Å²) >= 11 is 5.06. The Labute approximate surface area is 104 Å². The highest BCUT2D eigenvalue weighted by Gasteiger charge is 2.03. The van der Waals surface area contributed by atoms with Crippen molar-refractivity contribution in [2.45, 2.75) is 40.2 Å². The van der Waals surface area contributed by atoms with Gasteiger partial charge in [-0.3, -0.25) is 4.79 Å². The van der Waals surface area contributed by atoms with Gasteiger partial charge in [0.25, 0.3) is 0 Å². The van der Waals surface area contributed by atoms with E-state index in [1.165, 1.54) is 0 Å². The van der Waals surface area contributed by atoms with Gasteiger partial charge < -0.3 is 16.0 Å². The van der Waals surface area contributed by atoms with Crippen molar-refractivity contribution >= 4 is 23.2 Å². The Kier molecular flexibility index (Phi) is 7.89. The smallest absolute Gasteiger partial charge is 0.221 e. The van der Waals surface area contributed by atoms with Gasteiger partial charge in [-0.2, -0.15) is 0 Å². The van der Waals surface area contributed by atoms with E-state index in [2.05, 4.69) is 29.8 Å². The molecule has 0 bridgehead atoms. The number of amides is 1. The Balaban J connectivity index is 3.50. The van der Waals surface area contributed by atoms with Crippen molar-refractivity contribution in [1.82, 2.24) is 16.0 Å². The van der Waals surface area contributed by atoms with Crippen molar-refractivity contribution in [3.63, 3.8) is 0 Å². The minimum atomic E-state index is 0.0501. The van der Waals surface area contributed by atoms with Crippen LogP contribution in [0.4, 0.5) is 0 Å². The van der Waals surface area contributed by atoms with Crippen molar-refractivity contribution in [2.75, 3.05) is 13.1 Å². The lowest BCUT2D eigenvalue weighted by molar-refractivity contribution is -0.121. The lowest BCUT2D eigenvalue weighted by Crippen LogP contribution is -2.39. The van der Waals surface area contributed by atoms with Crippen LogP contribution in [0.5, 0.6) is 0 Å². The van der Waals surface area contributed by atoms with Crippen LogP contribution in [0.1, 0.15) is 34.1 Å². The highest BCUT2D eigenvalue weighted by atomic mass is 32.1. The molecule has 0 aromatic heterocycles. The average Bonchev–Trinajstić information content (AvgIpc) is 2.13. The van der Waals surface area contributed by atoms with E-state index in [4.69, 9.17) is 12.2 Å². The molecule has 0 fully saturated rings. The van der Waals surface area contributed by atoms with Crippen LogP contribution in [0.25, 0.3) is 0 Å². The second kappa shape index (κ2) is 8.33. The second-order valence-corrected chi connectivity index (χ2v) is 4.91. The monoisotopic (exact) mass is 245 g/mol. The third-order valence-electron chi connectivity index (χ3n) is 1.76. The molecule has 4 nitrogen and oxygen atoms in total. The van der Waals surface area contributed by atoms with Gasteiger partial charge in [0.05, 0.1) is 0 Å². The zero-order valence-electron chi connectivity index (χ0n) is 10.6. The normalized spacial score (nSPS) is 10.4. The van der Waals surface area contributed by atoms with Crippen LogP contribution < -0.4 is 16.0 Å². The van der Waals surface area contributed by atoms with E-state index < -0.39 is 0 Å². The minimum Gasteiger partial charge on any atom is -0.362 e. The van der Waals surface area contributed by atoms with E-state index >= 15 is 0 Å². The Morgan fingerprint density at radius 1 is 1.19 bits per heavy atom. The van der Waals surface area contributed by atoms with Crippen LogP contribution in [0, 0.1) is 5.92 Å². The number of nitrogens with one attached hydrogen (secondary N) is 3. The predicted octanol–water partition coefficient (Wildman–Crippen LogP) is 1.02. The maximum Gasteiger partial charge on any atom is 0.221 e. The number of rotatable bonds is 6. The van der Waals surface area contributed by atoms with Gasteiger partial charge in [-0.1, -0.05) is 13.8 Å². The molecule has 0 rings (SSSR count). The third kappa shape index (κ3) is 9.71. The lowest BCUT2D eigenvalue weighted by atomic mass is 10.2. The van der Waals surface area contributed by atoms with Crippen molar-refractivity contribution in [2.24, 2.45) is 5.92 Å². The van der Waals surface area contributed by atoms with Crippen LogP contribution in [0.15, 0.2) is 0 Å². The molecule has 16 heavy (non-hydrogen) atoms. The molecule has 94 valence electrons. The van der Waals surface area contributed by atoms with E-state index in [-0.39, 0.29) is 11.9 Å². The first kappa shape index (κ1) is 15.2. The van der Waals surface area contributed by atoms with Gasteiger partial charge in [0, 0.05) is 25.6 Å². The number of thiocarbonyl (C=S) groups is 1. The minimum absolute atomic E-state index is 0.0501. The van der Waals surface area contributed by atoms with E-state index in [9.17, 15) is 4.79 Å². The molecular weight excluding hydrogens is 222 g/mol. The molecule has 0 aromatic carbocycles. The molecule has 0 radical (unpaired) electrons. The van der Waals surface area contributed by atoms with Gasteiger partial charge in [0.15, 0.2) is 5.11 Å². The predicted molar refractivity (Wildman–Crippen MR) is 71.3 cm³/mol. The Morgan fingerprint density at radius 3 is 2.31 bits per heavy atom. The van der Waals surface area contributed by atoms with Gasteiger partial charge >= 0.3 is 0 Å².